The molecule has 1 aromatic rings. The highest BCUT2D eigenvalue weighted by molar-refractivity contribution is 6.01. The highest BCUT2D eigenvalue weighted by Gasteiger charge is 2.26. The van der Waals surface area contributed by atoms with Gasteiger partial charge in [-0.3, -0.25) is 14.4 Å². The van der Waals surface area contributed by atoms with Gasteiger partial charge in [0.05, 0.1) is 34.2 Å². The maximum absolute atomic E-state index is 12.4. The Labute approximate surface area is 123 Å². The second-order valence-corrected chi connectivity index (χ2v) is 4.35. The molecule has 114 valence electrons. The van der Waals surface area contributed by atoms with Gasteiger partial charge in [-0.25, -0.2) is 0 Å². The summed E-state index contributed by atoms with van der Waals surface area (Å²) in [4.78, 5) is 35.2. The Morgan fingerprint density at radius 2 is 1.57 bits per heavy atom. The predicted molar refractivity (Wildman–Crippen MR) is 74.1 cm³/mol. The van der Waals surface area contributed by atoms with Gasteiger partial charge in [0.25, 0.3) is 0 Å². The van der Waals surface area contributed by atoms with E-state index < -0.39 is 17.9 Å². The van der Waals surface area contributed by atoms with E-state index in [4.69, 9.17) is 4.74 Å². The van der Waals surface area contributed by atoms with Crippen molar-refractivity contribution in [3.8, 4) is 5.75 Å². The highest BCUT2D eigenvalue weighted by atomic mass is 16.5. The monoisotopic (exact) mass is 294 g/mol. The second-order valence-electron chi connectivity index (χ2n) is 4.35. The zero-order valence-corrected chi connectivity index (χ0v) is 12.3. The molecule has 0 heterocycles. The van der Waals surface area contributed by atoms with Gasteiger partial charge in [-0.05, 0) is 12.1 Å². The van der Waals surface area contributed by atoms with E-state index in [9.17, 15) is 14.4 Å². The number of carbonyl (C=O) groups excluding carboxylic acids is 3. The number of carbonyl (C=O) groups is 3. The molecule has 0 unspecified atom stereocenters. The molecule has 0 N–H and O–H groups in total. The van der Waals surface area contributed by atoms with Crippen molar-refractivity contribution in [1.82, 2.24) is 0 Å². The molecule has 0 saturated carbocycles. The lowest BCUT2D eigenvalue weighted by atomic mass is 9.91. The summed E-state index contributed by atoms with van der Waals surface area (Å²) in [7, 11) is 3.95. The standard InChI is InChI=1S/C15H18O6/c1-19-12-6-4-5-10(7-12)15(18)11(8-13(16)20-2)9-14(17)21-3/h4-7,11H,8-9H2,1-3H3. The van der Waals surface area contributed by atoms with Gasteiger partial charge >= 0.3 is 11.9 Å². The first-order valence-corrected chi connectivity index (χ1v) is 6.33. The van der Waals surface area contributed by atoms with Gasteiger partial charge in [0.2, 0.25) is 0 Å². The maximum Gasteiger partial charge on any atom is 0.306 e. The smallest absolute Gasteiger partial charge is 0.306 e. The minimum atomic E-state index is -0.822. The van der Waals surface area contributed by atoms with Crippen LogP contribution in [0, 0.1) is 5.92 Å². The molecule has 0 aliphatic rings. The van der Waals surface area contributed by atoms with Gasteiger partial charge in [-0.1, -0.05) is 12.1 Å². The predicted octanol–water partition coefficient (Wildman–Crippen LogP) is 1.62. The van der Waals surface area contributed by atoms with E-state index in [0.29, 0.717) is 11.3 Å². The second kappa shape index (κ2) is 8.04. The lowest BCUT2D eigenvalue weighted by Crippen LogP contribution is -2.23. The molecular weight excluding hydrogens is 276 g/mol. The number of rotatable bonds is 7. The molecule has 0 radical (unpaired) electrons. The number of ketones is 1. The Morgan fingerprint density at radius 1 is 1.00 bits per heavy atom. The summed E-state index contributed by atoms with van der Waals surface area (Å²) < 4.78 is 14.2. The first-order valence-electron chi connectivity index (χ1n) is 6.33. The third-order valence-electron chi connectivity index (χ3n) is 3.01. The zero-order valence-electron chi connectivity index (χ0n) is 12.3. The van der Waals surface area contributed by atoms with Gasteiger partial charge < -0.3 is 14.2 Å². The Bertz CT molecular complexity index is 505. The molecule has 0 bridgehead atoms. The Balaban J connectivity index is 2.96. The summed E-state index contributed by atoms with van der Waals surface area (Å²) in [5.74, 6) is -1.74. The molecule has 0 atom stereocenters. The fraction of sp³-hybridized carbons (Fsp3) is 0.400. The van der Waals surface area contributed by atoms with Crippen molar-refractivity contribution < 1.29 is 28.6 Å². The van der Waals surface area contributed by atoms with Crippen molar-refractivity contribution in [3.63, 3.8) is 0 Å². The van der Waals surface area contributed by atoms with E-state index in [0.717, 1.165) is 0 Å². The fourth-order valence-electron chi connectivity index (χ4n) is 1.84. The van der Waals surface area contributed by atoms with Gasteiger partial charge in [0.15, 0.2) is 5.78 Å². The molecule has 6 nitrogen and oxygen atoms in total. The van der Waals surface area contributed by atoms with E-state index in [2.05, 4.69) is 9.47 Å². The number of Topliss-reactive ketones (excluding diaryl/α,β-unsaturated/α-hetero) is 1. The molecule has 1 rings (SSSR count). The highest BCUT2D eigenvalue weighted by Crippen LogP contribution is 2.21. The van der Waals surface area contributed by atoms with Crippen LogP contribution in [0.4, 0.5) is 0 Å². The molecule has 0 aliphatic heterocycles. The van der Waals surface area contributed by atoms with Crippen LogP contribution in [0.25, 0.3) is 0 Å². The molecule has 0 aromatic heterocycles. The van der Waals surface area contributed by atoms with Gasteiger partial charge in [-0.2, -0.15) is 0 Å². The molecular formula is C15H18O6. The Hall–Kier alpha value is -2.37. The summed E-state index contributed by atoms with van der Waals surface area (Å²) in [5, 5.41) is 0. The van der Waals surface area contributed by atoms with E-state index in [1.807, 2.05) is 0 Å². The summed E-state index contributed by atoms with van der Waals surface area (Å²) in [6.07, 6.45) is -0.358. The summed E-state index contributed by atoms with van der Waals surface area (Å²) in [6.45, 7) is 0. The van der Waals surface area contributed by atoms with Crippen LogP contribution in [-0.4, -0.2) is 39.1 Å². The quantitative estimate of drug-likeness (QED) is 0.561. The van der Waals surface area contributed by atoms with Crippen LogP contribution in [0.5, 0.6) is 5.75 Å². The third-order valence-corrected chi connectivity index (χ3v) is 3.01. The molecule has 0 spiro atoms. The lowest BCUT2D eigenvalue weighted by Gasteiger charge is -2.14. The van der Waals surface area contributed by atoms with E-state index >= 15 is 0 Å². The fourth-order valence-corrected chi connectivity index (χ4v) is 1.84. The number of benzene rings is 1. The van der Waals surface area contributed by atoms with E-state index in [-0.39, 0.29) is 18.6 Å². The molecule has 0 saturated heterocycles. The zero-order chi connectivity index (χ0) is 15.8. The average molecular weight is 294 g/mol. The van der Waals surface area contributed by atoms with Crippen molar-refractivity contribution in [3.05, 3.63) is 29.8 Å². The molecule has 21 heavy (non-hydrogen) atoms. The molecule has 0 aliphatic carbocycles. The first kappa shape index (κ1) is 16.7. The summed E-state index contributed by atoms with van der Waals surface area (Å²) >= 11 is 0. The SMILES string of the molecule is COC(=O)CC(CC(=O)OC)C(=O)c1cccc(OC)c1. The van der Waals surface area contributed by atoms with Crippen LogP contribution >= 0.6 is 0 Å². The summed E-state index contributed by atoms with van der Waals surface area (Å²) in [5.41, 5.74) is 0.368. The third kappa shape index (κ3) is 4.91. The van der Waals surface area contributed by atoms with Gasteiger partial charge in [-0.15, -0.1) is 0 Å². The van der Waals surface area contributed by atoms with Crippen molar-refractivity contribution in [2.75, 3.05) is 21.3 Å². The van der Waals surface area contributed by atoms with Crippen LogP contribution in [-0.2, 0) is 19.1 Å². The Morgan fingerprint density at radius 3 is 2.05 bits per heavy atom. The number of hydrogen-bond donors (Lipinski definition) is 0. The van der Waals surface area contributed by atoms with Crippen molar-refractivity contribution >= 4 is 17.7 Å². The maximum atomic E-state index is 12.4. The number of ether oxygens (including phenoxy) is 3. The van der Waals surface area contributed by atoms with Crippen LogP contribution < -0.4 is 4.74 Å². The van der Waals surface area contributed by atoms with Crippen LogP contribution in [0.3, 0.4) is 0 Å². The number of esters is 2. The minimum absolute atomic E-state index is 0.179. The van der Waals surface area contributed by atoms with Crippen molar-refractivity contribution in [2.45, 2.75) is 12.8 Å². The van der Waals surface area contributed by atoms with Crippen LogP contribution in [0.2, 0.25) is 0 Å². The van der Waals surface area contributed by atoms with E-state index in [1.54, 1.807) is 24.3 Å². The van der Waals surface area contributed by atoms with Crippen LogP contribution in [0.15, 0.2) is 24.3 Å². The average Bonchev–Trinajstić information content (AvgIpc) is 2.53. The van der Waals surface area contributed by atoms with E-state index in [1.165, 1.54) is 21.3 Å². The molecule has 0 fully saturated rings. The molecule has 1 aromatic carbocycles. The van der Waals surface area contributed by atoms with Crippen LogP contribution in [0.1, 0.15) is 23.2 Å². The number of hydrogen-bond acceptors (Lipinski definition) is 6. The van der Waals surface area contributed by atoms with Gasteiger partial charge in [0.1, 0.15) is 5.75 Å². The number of methoxy groups -OCH3 is 3. The van der Waals surface area contributed by atoms with Crippen molar-refractivity contribution in [2.24, 2.45) is 5.92 Å². The topological polar surface area (TPSA) is 78.9 Å². The summed E-state index contributed by atoms with van der Waals surface area (Å²) in [6, 6.07) is 6.53. The first-order chi connectivity index (χ1) is 10.0. The molecule has 0 amide bonds. The minimum Gasteiger partial charge on any atom is -0.497 e. The van der Waals surface area contributed by atoms with Gasteiger partial charge in [0, 0.05) is 11.5 Å². The Kier molecular flexibility index (Phi) is 6.39. The van der Waals surface area contributed by atoms with Crippen molar-refractivity contribution in [1.29, 1.82) is 0 Å². The normalized spacial score (nSPS) is 10.1. The molecule has 6 heteroatoms. The largest absolute Gasteiger partial charge is 0.497 e. The lowest BCUT2D eigenvalue weighted by molar-refractivity contribution is -0.143.